The van der Waals surface area contributed by atoms with Crippen LogP contribution in [0.4, 0.5) is 0 Å². The monoisotopic (exact) mass is 397 g/mol. The van der Waals surface area contributed by atoms with E-state index in [1.54, 1.807) is 25.4 Å². The number of nitrogens with zero attached hydrogens (tertiary/aromatic N) is 3. The second kappa shape index (κ2) is 8.23. The summed E-state index contributed by atoms with van der Waals surface area (Å²) in [6.07, 6.45) is 8.66. The molecular formula is C21H27N5O3. The summed E-state index contributed by atoms with van der Waals surface area (Å²) in [5.41, 5.74) is 1.48. The van der Waals surface area contributed by atoms with Crippen LogP contribution in [0.5, 0.6) is 0 Å². The van der Waals surface area contributed by atoms with Gasteiger partial charge in [-0.1, -0.05) is 12.8 Å². The van der Waals surface area contributed by atoms with Crippen LogP contribution in [-0.2, 0) is 7.05 Å². The van der Waals surface area contributed by atoms with E-state index in [1.165, 1.54) is 10.6 Å². The molecule has 0 spiro atoms. The van der Waals surface area contributed by atoms with Gasteiger partial charge in [0.1, 0.15) is 5.69 Å². The normalized spacial score (nSPS) is 20.0. The maximum absolute atomic E-state index is 13.1. The molecule has 1 aliphatic heterocycles. The molecule has 4 rings (SSSR count). The first-order chi connectivity index (χ1) is 14.0. The summed E-state index contributed by atoms with van der Waals surface area (Å²) in [6, 6.07) is 4.83. The average molecular weight is 397 g/mol. The van der Waals surface area contributed by atoms with E-state index in [2.05, 4.69) is 15.5 Å². The van der Waals surface area contributed by atoms with E-state index < -0.39 is 0 Å². The molecule has 2 fully saturated rings. The number of aryl methyl sites for hydroxylation is 1. The first-order valence-electron chi connectivity index (χ1n) is 10.4. The van der Waals surface area contributed by atoms with Crippen molar-refractivity contribution in [2.45, 2.75) is 57.0 Å². The van der Waals surface area contributed by atoms with Gasteiger partial charge in [-0.15, -0.1) is 0 Å². The number of rotatable bonds is 4. The Morgan fingerprint density at radius 3 is 2.66 bits per heavy atom. The zero-order chi connectivity index (χ0) is 20.4. The minimum atomic E-state index is -0.161. The third kappa shape index (κ3) is 4.11. The van der Waals surface area contributed by atoms with Crippen molar-refractivity contribution in [2.75, 3.05) is 6.54 Å². The zero-order valence-electron chi connectivity index (χ0n) is 16.7. The summed E-state index contributed by atoms with van der Waals surface area (Å²) < 4.78 is 1.41. The van der Waals surface area contributed by atoms with Gasteiger partial charge in [0, 0.05) is 31.9 Å². The van der Waals surface area contributed by atoms with Crippen LogP contribution in [0.15, 0.2) is 29.2 Å². The number of pyridine rings is 1. The van der Waals surface area contributed by atoms with E-state index in [4.69, 9.17) is 0 Å². The molecule has 1 saturated carbocycles. The van der Waals surface area contributed by atoms with Gasteiger partial charge in [-0.2, -0.15) is 5.10 Å². The lowest BCUT2D eigenvalue weighted by atomic mass is 9.98. The molecule has 0 radical (unpaired) electrons. The lowest BCUT2D eigenvalue weighted by Crippen LogP contribution is -2.39. The van der Waals surface area contributed by atoms with Crippen LogP contribution in [0.25, 0.3) is 0 Å². The molecule has 0 aromatic carbocycles. The molecule has 0 bridgehead atoms. The highest BCUT2D eigenvalue weighted by molar-refractivity contribution is 5.94. The van der Waals surface area contributed by atoms with Crippen molar-refractivity contribution in [1.29, 1.82) is 0 Å². The molecule has 29 heavy (non-hydrogen) atoms. The molecule has 1 atom stereocenters. The smallest absolute Gasteiger partial charge is 0.271 e. The van der Waals surface area contributed by atoms with Crippen molar-refractivity contribution < 1.29 is 9.59 Å². The van der Waals surface area contributed by atoms with Gasteiger partial charge in [-0.05, 0) is 44.2 Å². The molecule has 154 valence electrons. The van der Waals surface area contributed by atoms with Gasteiger partial charge in [0.15, 0.2) is 0 Å². The maximum atomic E-state index is 13.1. The number of aromatic amines is 1. The van der Waals surface area contributed by atoms with Gasteiger partial charge in [-0.25, -0.2) is 0 Å². The molecule has 2 aromatic rings. The zero-order valence-corrected chi connectivity index (χ0v) is 16.7. The minimum Gasteiger partial charge on any atom is -0.348 e. The van der Waals surface area contributed by atoms with E-state index in [0.717, 1.165) is 50.6 Å². The molecule has 1 saturated heterocycles. The fraction of sp³-hybridized carbons (Fsp3) is 0.524. The number of piperidine rings is 1. The quantitative estimate of drug-likeness (QED) is 0.826. The Kier molecular flexibility index (Phi) is 5.51. The van der Waals surface area contributed by atoms with Crippen LogP contribution in [0.3, 0.4) is 0 Å². The van der Waals surface area contributed by atoms with Gasteiger partial charge in [0.25, 0.3) is 11.8 Å². The summed E-state index contributed by atoms with van der Waals surface area (Å²) in [4.78, 5) is 39.1. The van der Waals surface area contributed by atoms with Crippen LogP contribution >= 0.6 is 0 Å². The summed E-state index contributed by atoms with van der Waals surface area (Å²) in [5.74, 6) is -0.275. The highest BCUT2D eigenvalue weighted by Crippen LogP contribution is 2.31. The molecule has 2 amide bonds. The fourth-order valence-corrected chi connectivity index (χ4v) is 4.34. The lowest BCUT2D eigenvalue weighted by Gasteiger charge is -2.35. The van der Waals surface area contributed by atoms with Crippen molar-refractivity contribution in [3.63, 3.8) is 0 Å². The summed E-state index contributed by atoms with van der Waals surface area (Å²) in [7, 11) is 1.64. The van der Waals surface area contributed by atoms with Crippen molar-refractivity contribution in [2.24, 2.45) is 7.05 Å². The number of hydrogen-bond donors (Lipinski definition) is 2. The standard InChI is InChI=1S/C21H27N5O3/c1-25-13-14(9-10-19(25)27)21(29)26-11-5-4-8-18(26)16-12-17(24-23-16)20(28)22-15-6-2-3-7-15/h9-10,12-13,15,18H,2-8,11H2,1H3,(H,22,28)(H,23,24)/t18-/m1/s1. The molecular weight excluding hydrogens is 370 g/mol. The molecule has 3 heterocycles. The Hall–Kier alpha value is -2.90. The second-order valence-electron chi connectivity index (χ2n) is 8.04. The number of H-pyrrole nitrogens is 1. The molecule has 8 nitrogen and oxygen atoms in total. The summed E-state index contributed by atoms with van der Waals surface area (Å²) >= 11 is 0. The Morgan fingerprint density at radius 1 is 1.14 bits per heavy atom. The predicted molar refractivity (Wildman–Crippen MR) is 108 cm³/mol. The van der Waals surface area contributed by atoms with E-state index in [0.29, 0.717) is 17.8 Å². The minimum absolute atomic E-state index is 0.114. The van der Waals surface area contributed by atoms with Crippen LogP contribution in [-0.4, -0.2) is 44.1 Å². The summed E-state index contributed by atoms with van der Waals surface area (Å²) in [6.45, 7) is 0.634. The second-order valence-corrected chi connectivity index (χ2v) is 8.04. The Balaban J connectivity index is 1.52. The van der Waals surface area contributed by atoms with E-state index in [1.807, 2.05) is 4.90 Å². The topological polar surface area (TPSA) is 100 Å². The van der Waals surface area contributed by atoms with Crippen LogP contribution < -0.4 is 10.9 Å². The number of likely N-dealkylation sites (tertiary alicyclic amines) is 1. The largest absolute Gasteiger partial charge is 0.348 e. The maximum Gasteiger partial charge on any atom is 0.271 e. The number of carbonyl (C=O) groups is 2. The summed E-state index contributed by atoms with van der Waals surface area (Å²) in [5, 5.41) is 10.2. The van der Waals surface area contributed by atoms with Crippen LogP contribution in [0, 0.1) is 0 Å². The van der Waals surface area contributed by atoms with E-state index >= 15 is 0 Å². The molecule has 2 aromatic heterocycles. The van der Waals surface area contributed by atoms with Crippen LogP contribution in [0.1, 0.15) is 77.5 Å². The number of aromatic nitrogens is 3. The number of nitrogens with one attached hydrogen (secondary N) is 2. The van der Waals surface area contributed by atoms with Gasteiger partial charge in [0.2, 0.25) is 5.56 Å². The molecule has 1 aliphatic carbocycles. The van der Waals surface area contributed by atoms with Crippen LogP contribution in [0.2, 0.25) is 0 Å². The Morgan fingerprint density at radius 2 is 1.90 bits per heavy atom. The van der Waals surface area contributed by atoms with Gasteiger partial charge < -0.3 is 14.8 Å². The third-order valence-corrected chi connectivity index (χ3v) is 5.98. The fourth-order valence-electron chi connectivity index (χ4n) is 4.34. The highest BCUT2D eigenvalue weighted by atomic mass is 16.2. The van der Waals surface area contributed by atoms with E-state index in [9.17, 15) is 14.4 Å². The number of carbonyl (C=O) groups excluding carboxylic acids is 2. The van der Waals surface area contributed by atoms with Crippen molar-refractivity contribution in [3.8, 4) is 0 Å². The van der Waals surface area contributed by atoms with E-state index in [-0.39, 0.29) is 29.5 Å². The predicted octanol–water partition coefficient (Wildman–Crippen LogP) is 2.15. The van der Waals surface area contributed by atoms with Crippen molar-refractivity contribution >= 4 is 11.8 Å². The average Bonchev–Trinajstić information content (AvgIpc) is 3.41. The number of hydrogen-bond acceptors (Lipinski definition) is 4. The van der Waals surface area contributed by atoms with Crippen molar-refractivity contribution in [1.82, 2.24) is 25.0 Å². The Labute approximate surface area is 169 Å². The van der Waals surface area contributed by atoms with Gasteiger partial charge in [0.05, 0.1) is 17.3 Å². The lowest BCUT2D eigenvalue weighted by molar-refractivity contribution is 0.0605. The molecule has 8 heteroatoms. The van der Waals surface area contributed by atoms with Gasteiger partial charge >= 0.3 is 0 Å². The SMILES string of the molecule is Cn1cc(C(=O)N2CCCC[C@@H]2c2cc(C(=O)NC3CCCC3)n[nH]2)ccc1=O. The first kappa shape index (κ1) is 19.4. The highest BCUT2D eigenvalue weighted by Gasteiger charge is 2.31. The molecule has 0 unspecified atom stereocenters. The Bertz CT molecular complexity index is 957. The van der Waals surface area contributed by atoms with Crippen molar-refractivity contribution in [3.05, 3.63) is 51.7 Å². The third-order valence-electron chi connectivity index (χ3n) is 5.98. The molecule has 2 N–H and O–H groups in total. The van der Waals surface area contributed by atoms with Gasteiger partial charge in [-0.3, -0.25) is 19.5 Å². The molecule has 2 aliphatic rings. The number of amides is 2. The first-order valence-corrected chi connectivity index (χ1v) is 10.4.